The lowest BCUT2D eigenvalue weighted by atomic mass is 9.90. The molecule has 0 N–H and O–H groups in total. The number of rotatable bonds is 4. The Hall–Kier alpha value is -1.15. The van der Waals surface area contributed by atoms with Gasteiger partial charge in [-0.3, -0.25) is 9.69 Å². The number of carbonyl (C=O) groups excluding carboxylic acids is 2. The Morgan fingerprint density at radius 1 is 1.17 bits per heavy atom. The Kier molecular flexibility index (Phi) is 4.16. The van der Waals surface area contributed by atoms with Crippen molar-refractivity contribution in [3.63, 3.8) is 0 Å². The number of urea groups is 1. The summed E-state index contributed by atoms with van der Waals surface area (Å²) in [6, 6.07) is -0.342. The van der Waals surface area contributed by atoms with E-state index in [-0.39, 0.29) is 18.0 Å². The van der Waals surface area contributed by atoms with E-state index < -0.39 is 15.6 Å². The first-order valence-corrected chi connectivity index (χ1v) is 10.3. The van der Waals surface area contributed by atoms with E-state index in [4.69, 9.17) is 0 Å². The van der Waals surface area contributed by atoms with Crippen LogP contribution in [0.25, 0.3) is 0 Å². The predicted molar refractivity (Wildman–Crippen MR) is 85.3 cm³/mol. The monoisotopic (exact) mass is 343 g/mol. The summed E-state index contributed by atoms with van der Waals surface area (Å²) in [4.78, 5) is 29.0. The average molecular weight is 343 g/mol. The number of piperidine rings is 1. The maximum Gasteiger partial charge on any atom is 0.327 e. The van der Waals surface area contributed by atoms with Crippen LogP contribution in [0.4, 0.5) is 4.79 Å². The molecule has 3 fully saturated rings. The lowest BCUT2D eigenvalue weighted by molar-refractivity contribution is -0.134. The molecule has 3 aliphatic rings. The zero-order valence-electron chi connectivity index (χ0n) is 13.8. The van der Waals surface area contributed by atoms with Crippen LogP contribution in [0.2, 0.25) is 0 Å². The third-order valence-corrected chi connectivity index (χ3v) is 6.77. The molecule has 130 valence electrons. The molecule has 0 saturated carbocycles. The number of hydrogen-bond acceptors (Lipinski definition) is 4. The van der Waals surface area contributed by atoms with Crippen molar-refractivity contribution >= 4 is 22.0 Å². The molecule has 23 heavy (non-hydrogen) atoms. The number of sulfonamides is 1. The third kappa shape index (κ3) is 2.55. The molecule has 1 unspecified atom stereocenters. The molecule has 3 amide bonds. The molecule has 8 heteroatoms. The van der Waals surface area contributed by atoms with Gasteiger partial charge in [-0.25, -0.2) is 17.5 Å². The second-order valence-electron chi connectivity index (χ2n) is 6.89. The highest BCUT2D eigenvalue weighted by Gasteiger charge is 2.60. The molecule has 0 aliphatic carbocycles. The van der Waals surface area contributed by atoms with Crippen LogP contribution >= 0.6 is 0 Å². The highest BCUT2D eigenvalue weighted by atomic mass is 32.2. The van der Waals surface area contributed by atoms with E-state index in [1.165, 1.54) is 15.5 Å². The topological polar surface area (TPSA) is 78.0 Å². The molecule has 3 saturated heterocycles. The SMILES string of the molecule is CCCC12CCCN1C(=O)N(C1CCN(S(C)(=O)=O)CC1)C2=O. The summed E-state index contributed by atoms with van der Waals surface area (Å²) < 4.78 is 24.6. The number of nitrogens with zero attached hydrogens (tertiary/aromatic N) is 3. The molecule has 0 aromatic carbocycles. The highest BCUT2D eigenvalue weighted by Crippen LogP contribution is 2.42. The molecule has 0 aromatic rings. The van der Waals surface area contributed by atoms with Gasteiger partial charge in [0, 0.05) is 25.7 Å². The van der Waals surface area contributed by atoms with Gasteiger partial charge in [0.05, 0.1) is 6.26 Å². The van der Waals surface area contributed by atoms with Crippen LogP contribution < -0.4 is 0 Å². The molecule has 0 aromatic heterocycles. The summed E-state index contributed by atoms with van der Waals surface area (Å²) in [6.07, 6.45) is 5.49. The predicted octanol–water partition coefficient (Wildman–Crippen LogP) is 1.01. The van der Waals surface area contributed by atoms with Gasteiger partial charge in [-0.05, 0) is 32.1 Å². The largest absolute Gasteiger partial charge is 0.327 e. The average Bonchev–Trinajstić information content (AvgIpc) is 2.99. The zero-order valence-corrected chi connectivity index (χ0v) is 14.6. The third-order valence-electron chi connectivity index (χ3n) is 5.46. The molecular weight excluding hydrogens is 318 g/mol. The molecular formula is C15H25N3O4S. The van der Waals surface area contributed by atoms with Gasteiger partial charge in [-0.15, -0.1) is 0 Å². The molecule has 3 rings (SSSR count). The standard InChI is InChI=1S/C15H25N3O4S/c1-3-7-15-8-4-9-17(15)14(20)18(13(15)19)12-5-10-16(11-6-12)23(2,21)22/h12H,3-11H2,1-2H3. The fourth-order valence-corrected chi connectivity index (χ4v) is 5.23. The molecule has 0 radical (unpaired) electrons. The van der Waals surface area contributed by atoms with Gasteiger partial charge in [0.2, 0.25) is 10.0 Å². The van der Waals surface area contributed by atoms with E-state index in [2.05, 4.69) is 0 Å². The first-order chi connectivity index (χ1) is 10.8. The number of fused-ring (bicyclic) bond motifs is 1. The Labute approximate surface area is 137 Å². The summed E-state index contributed by atoms with van der Waals surface area (Å²) >= 11 is 0. The molecule has 3 heterocycles. The van der Waals surface area contributed by atoms with Gasteiger partial charge in [-0.2, -0.15) is 0 Å². The maximum atomic E-state index is 13.0. The summed E-state index contributed by atoms with van der Waals surface area (Å²) in [6.45, 7) is 3.45. The summed E-state index contributed by atoms with van der Waals surface area (Å²) in [5.41, 5.74) is -0.625. The van der Waals surface area contributed by atoms with Crippen LogP contribution in [0.15, 0.2) is 0 Å². The Morgan fingerprint density at radius 3 is 2.39 bits per heavy atom. The van der Waals surface area contributed by atoms with Crippen LogP contribution in [0.5, 0.6) is 0 Å². The van der Waals surface area contributed by atoms with Crippen LogP contribution in [-0.2, 0) is 14.8 Å². The second-order valence-corrected chi connectivity index (χ2v) is 8.87. The molecule has 7 nitrogen and oxygen atoms in total. The van der Waals surface area contributed by atoms with Gasteiger partial charge in [0.15, 0.2) is 0 Å². The summed E-state index contributed by atoms with van der Waals surface area (Å²) in [5.74, 6) is -0.0559. The first-order valence-electron chi connectivity index (χ1n) is 8.41. The normalized spacial score (nSPS) is 30.3. The molecule has 0 spiro atoms. The summed E-state index contributed by atoms with van der Waals surface area (Å²) in [7, 11) is -3.20. The number of hydrogen-bond donors (Lipinski definition) is 0. The van der Waals surface area contributed by atoms with Crippen molar-refractivity contribution in [1.82, 2.24) is 14.1 Å². The van der Waals surface area contributed by atoms with Gasteiger partial charge in [0.25, 0.3) is 5.91 Å². The van der Waals surface area contributed by atoms with Gasteiger partial charge in [0.1, 0.15) is 5.54 Å². The van der Waals surface area contributed by atoms with Crippen molar-refractivity contribution in [2.24, 2.45) is 0 Å². The van der Waals surface area contributed by atoms with Crippen LogP contribution in [0.3, 0.4) is 0 Å². The Balaban J connectivity index is 1.77. The van der Waals surface area contributed by atoms with Gasteiger partial charge in [-0.1, -0.05) is 13.3 Å². The smallest absolute Gasteiger partial charge is 0.310 e. The lowest BCUT2D eigenvalue weighted by Gasteiger charge is -2.34. The van der Waals surface area contributed by atoms with Gasteiger partial charge < -0.3 is 4.90 Å². The van der Waals surface area contributed by atoms with Crippen molar-refractivity contribution in [3.8, 4) is 0 Å². The number of imide groups is 1. The van der Waals surface area contributed by atoms with Crippen molar-refractivity contribution < 1.29 is 18.0 Å². The molecule has 0 bridgehead atoms. The molecule has 1 atom stereocenters. The highest BCUT2D eigenvalue weighted by molar-refractivity contribution is 7.88. The van der Waals surface area contributed by atoms with Crippen molar-refractivity contribution in [3.05, 3.63) is 0 Å². The number of carbonyl (C=O) groups is 2. The van der Waals surface area contributed by atoms with Crippen molar-refractivity contribution in [1.29, 1.82) is 0 Å². The van der Waals surface area contributed by atoms with Crippen LogP contribution in [0, 0.1) is 0 Å². The maximum absolute atomic E-state index is 13.0. The number of amides is 3. The fourth-order valence-electron chi connectivity index (χ4n) is 4.36. The Bertz CT molecular complexity index is 612. The van der Waals surface area contributed by atoms with Crippen molar-refractivity contribution in [2.45, 2.75) is 57.0 Å². The van der Waals surface area contributed by atoms with E-state index in [9.17, 15) is 18.0 Å². The van der Waals surface area contributed by atoms with Crippen molar-refractivity contribution in [2.75, 3.05) is 25.9 Å². The van der Waals surface area contributed by atoms with E-state index in [0.717, 1.165) is 25.7 Å². The van der Waals surface area contributed by atoms with E-state index >= 15 is 0 Å². The van der Waals surface area contributed by atoms with E-state index in [0.29, 0.717) is 32.5 Å². The molecule has 3 aliphatic heterocycles. The fraction of sp³-hybridized carbons (Fsp3) is 0.867. The minimum atomic E-state index is -3.20. The quantitative estimate of drug-likeness (QED) is 0.714. The Morgan fingerprint density at radius 2 is 1.83 bits per heavy atom. The van der Waals surface area contributed by atoms with Crippen LogP contribution in [-0.4, -0.2) is 71.9 Å². The van der Waals surface area contributed by atoms with E-state index in [1.807, 2.05) is 6.92 Å². The zero-order chi connectivity index (χ0) is 16.8. The van der Waals surface area contributed by atoms with E-state index in [1.54, 1.807) is 4.90 Å². The lowest BCUT2D eigenvalue weighted by Crippen LogP contribution is -2.50. The second kappa shape index (κ2) is 5.73. The van der Waals surface area contributed by atoms with Gasteiger partial charge >= 0.3 is 6.03 Å². The van der Waals surface area contributed by atoms with Crippen LogP contribution in [0.1, 0.15) is 45.4 Å². The minimum absolute atomic E-state index is 0.0559. The summed E-state index contributed by atoms with van der Waals surface area (Å²) in [5, 5.41) is 0. The first kappa shape index (κ1) is 16.7. The minimum Gasteiger partial charge on any atom is -0.310 e.